The van der Waals surface area contributed by atoms with Crippen molar-refractivity contribution in [3.63, 3.8) is 0 Å². The number of benzene rings is 2. The Kier molecular flexibility index (Phi) is 7.75. The van der Waals surface area contributed by atoms with Gasteiger partial charge in [-0.3, -0.25) is 0 Å². The van der Waals surface area contributed by atoms with Gasteiger partial charge in [0, 0.05) is 10.0 Å². The van der Waals surface area contributed by atoms with E-state index in [0.717, 1.165) is 51.8 Å². The molecule has 0 amide bonds. The molecule has 0 aromatic heterocycles. The van der Waals surface area contributed by atoms with Crippen molar-refractivity contribution in [1.29, 1.82) is 0 Å². The smallest absolute Gasteiger partial charge is 0.166 e. The van der Waals surface area contributed by atoms with E-state index in [4.69, 9.17) is 0 Å². The summed E-state index contributed by atoms with van der Waals surface area (Å²) in [7, 11) is 0. The van der Waals surface area contributed by atoms with Crippen LogP contribution in [0, 0.1) is 43.2 Å². The third-order valence-corrected chi connectivity index (χ3v) is 9.58. The Balaban J connectivity index is 1.43. The highest BCUT2D eigenvalue weighted by molar-refractivity contribution is 9.10. The first-order valence-corrected chi connectivity index (χ1v) is 13.4. The monoisotopic (exact) mass is 502 g/mol. The fraction of sp³-hybridized carbons (Fsp3) is 0.586. The largest absolute Gasteiger partial charge is 0.203 e. The summed E-state index contributed by atoms with van der Waals surface area (Å²) in [5, 5.41) is 0. The molecule has 0 radical (unpaired) electrons. The molecule has 4 rings (SSSR count). The second-order valence-electron chi connectivity index (χ2n) is 10.4. The summed E-state index contributed by atoms with van der Waals surface area (Å²) in [4.78, 5) is 0. The highest BCUT2D eigenvalue weighted by Crippen LogP contribution is 2.45. The maximum Gasteiger partial charge on any atom is 0.166 e. The van der Waals surface area contributed by atoms with Crippen molar-refractivity contribution >= 4 is 15.9 Å². The summed E-state index contributed by atoms with van der Waals surface area (Å²) < 4.78 is 31.4. The molecule has 2 saturated carbocycles. The van der Waals surface area contributed by atoms with E-state index < -0.39 is 11.6 Å². The fourth-order valence-electron chi connectivity index (χ4n) is 6.46. The molecular weight excluding hydrogens is 466 g/mol. The van der Waals surface area contributed by atoms with Gasteiger partial charge in [0.15, 0.2) is 11.6 Å². The Morgan fingerprint density at radius 2 is 1.38 bits per heavy atom. The lowest BCUT2D eigenvalue weighted by molar-refractivity contribution is 0.156. The maximum atomic E-state index is 15.2. The molecule has 32 heavy (non-hydrogen) atoms. The van der Waals surface area contributed by atoms with Crippen molar-refractivity contribution in [1.82, 2.24) is 0 Å². The summed E-state index contributed by atoms with van der Waals surface area (Å²) in [6.07, 6.45) is 12.6. The average Bonchev–Trinajstić information content (AvgIpc) is 2.80. The summed E-state index contributed by atoms with van der Waals surface area (Å²) in [6, 6.07) is 7.49. The molecule has 2 aromatic carbocycles. The van der Waals surface area contributed by atoms with Crippen molar-refractivity contribution in [2.45, 2.75) is 90.9 Å². The minimum absolute atomic E-state index is 0.152. The van der Waals surface area contributed by atoms with Crippen molar-refractivity contribution in [3.8, 4) is 11.1 Å². The molecule has 3 heteroatoms. The van der Waals surface area contributed by atoms with Crippen molar-refractivity contribution in [3.05, 3.63) is 57.1 Å². The normalized spacial score (nSPS) is 26.3. The van der Waals surface area contributed by atoms with Gasteiger partial charge in [-0.05, 0) is 98.3 Å². The van der Waals surface area contributed by atoms with Gasteiger partial charge < -0.3 is 0 Å². The van der Waals surface area contributed by atoms with Crippen molar-refractivity contribution < 1.29 is 8.78 Å². The number of halogens is 3. The van der Waals surface area contributed by atoms with E-state index in [-0.39, 0.29) is 5.92 Å². The van der Waals surface area contributed by atoms with Crippen LogP contribution in [0.15, 0.2) is 28.7 Å². The van der Waals surface area contributed by atoms with Gasteiger partial charge in [-0.15, -0.1) is 0 Å². The SMILES string of the molecule is CCCC1CCC(C2CCC(c3ccc(-c4cc(C)c(Br)c(C)c4)c(F)c3F)CC2)CC1. The molecule has 0 unspecified atom stereocenters. The van der Waals surface area contributed by atoms with Crippen LogP contribution in [0.2, 0.25) is 0 Å². The van der Waals surface area contributed by atoms with E-state index in [0.29, 0.717) is 11.1 Å². The lowest BCUT2D eigenvalue weighted by atomic mass is 9.68. The first kappa shape index (κ1) is 23.9. The number of aryl methyl sites for hydroxylation is 2. The summed E-state index contributed by atoms with van der Waals surface area (Å²) in [5.74, 6) is 1.41. The number of hydrogen-bond donors (Lipinski definition) is 0. The predicted molar refractivity (Wildman–Crippen MR) is 134 cm³/mol. The topological polar surface area (TPSA) is 0 Å². The van der Waals surface area contributed by atoms with Crippen LogP contribution in [-0.2, 0) is 0 Å². The van der Waals surface area contributed by atoms with Crippen molar-refractivity contribution in [2.75, 3.05) is 0 Å². The van der Waals surface area contributed by atoms with Crippen LogP contribution in [0.25, 0.3) is 11.1 Å². The molecule has 0 atom stereocenters. The highest BCUT2D eigenvalue weighted by atomic mass is 79.9. The standard InChI is InChI=1S/C29H37BrF2/c1-4-5-20-6-8-21(9-7-20)22-10-12-23(13-11-22)25-14-15-26(29(32)28(25)31)24-16-18(2)27(30)19(3)17-24/h14-17,20-23H,4-13H2,1-3H3. The van der Waals surface area contributed by atoms with Crippen LogP contribution in [0.1, 0.15) is 93.7 Å². The minimum atomic E-state index is -0.694. The maximum absolute atomic E-state index is 15.2. The van der Waals surface area contributed by atoms with Gasteiger partial charge in [0.05, 0.1) is 0 Å². The molecule has 174 valence electrons. The zero-order valence-corrected chi connectivity index (χ0v) is 21.4. The Morgan fingerprint density at radius 3 is 1.94 bits per heavy atom. The quantitative estimate of drug-likeness (QED) is 0.381. The van der Waals surface area contributed by atoms with Crippen LogP contribution >= 0.6 is 15.9 Å². The first-order chi connectivity index (χ1) is 15.4. The number of hydrogen-bond acceptors (Lipinski definition) is 0. The summed E-state index contributed by atoms with van der Waals surface area (Å²) in [6.45, 7) is 6.26. The van der Waals surface area contributed by atoms with Crippen LogP contribution in [0.4, 0.5) is 8.78 Å². The third kappa shape index (κ3) is 4.98. The Hall–Kier alpha value is -1.22. The van der Waals surface area contributed by atoms with Crippen LogP contribution in [-0.4, -0.2) is 0 Å². The average molecular weight is 504 g/mol. The van der Waals surface area contributed by atoms with E-state index in [1.165, 1.54) is 51.4 Å². The predicted octanol–water partition coefficient (Wildman–Crippen LogP) is 9.89. The van der Waals surface area contributed by atoms with E-state index in [1.54, 1.807) is 6.07 Å². The summed E-state index contributed by atoms with van der Waals surface area (Å²) in [5.41, 5.74) is 3.76. The Bertz CT molecular complexity index is 911. The Labute approximate surface area is 201 Å². The molecular formula is C29H37BrF2. The second-order valence-corrected chi connectivity index (χ2v) is 11.2. The van der Waals surface area contributed by atoms with Crippen LogP contribution < -0.4 is 0 Å². The Morgan fingerprint density at radius 1 is 0.812 bits per heavy atom. The van der Waals surface area contributed by atoms with E-state index in [9.17, 15) is 0 Å². The van der Waals surface area contributed by atoms with Gasteiger partial charge in [0.1, 0.15) is 0 Å². The van der Waals surface area contributed by atoms with Crippen LogP contribution in [0.5, 0.6) is 0 Å². The molecule has 2 fully saturated rings. The minimum Gasteiger partial charge on any atom is -0.203 e. The van der Waals surface area contributed by atoms with Gasteiger partial charge in [-0.25, -0.2) is 8.78 Å². The molecule has 2 aromatic rings. The molecule has 0 bridgehead atoms. The van der Waals surface area contributed by atoms with E-state index >= 15 is 8.78 Å². The van der Waals surface area contributed by atoms with Gasteiger partial charge in [0.2, 0.25) is 0 Å². The zero-order chi connectivity index (χ0) is 22.8. The van der Waals surface area contributed by atoms with Gasteiger partial charge in [-0.2, -0.15) is 0 Å². The molecule has 2 aliphatic rings. The first-order valence-electron chi connectivity index (χ1n) is 12.6. The molecule has 0 aliphatic heterocycles. The van der Waals surface area contributed by atoms with E-state index in [1.807, 2.05) is 32.0 Å². The molecule has 0 spiro atoms. The fourth-order valence-corrected chi connectivity index (χ4v) is 6.69. The molecule has 0 nitrogen and oxygen atoms in total. The van der Waals surface area contributed by atoms with Gasteiger partial charge >= 0.3 is 0 Å². The third-order valence-electron chi connectivity index (χ3n) is 8.33. The molecule has 0 heterocycles. The number of rotatable bonds is 5. The molecule has 0 saturated heterocycles. The van der Waals surface area contributed by atoms with Crippen LogP contribution in [0.3, 0.4) is 0 Å². The van der Waals surface area contributed by atoms with E-state index in [2.05, 4.69) is 22.9 Å². The highest BCUT2D eigenvalue weighted by Gasteiger charge is 2.32. The molecule has 2 aliphatic carbocycles. The summed E-state index contributed by atoms with van der Waals surface area (Å²) >= 11 is 3.56. The molecule has 0 N–H and O–H groups in total. The van der Waals surface area contributed by atoms with Crippen molar-refractivity contribution in [2.24, 2.45) is 17.8 Å². The van der Waals surface area contributed by atoms with Gasteiger partial charge in [0.25, 0.3) is 0 Å². The lowest BCUT2D eigenvalue weighted by Gasteiger charge is -2.38. The van der Waals surface area contributed by atoms with Gasteiger partial charge in [-0.1, -0.05) is 72.8 Å². The lowest BCUT2D eigenvalue weighted by Crippen LogP contribution is -2.25. The second kappa shape index (κ2) is 10.4. The zero-order valence-electron chi connectivity index (χ0n) is 19.8.